The van der Waals surface area contributed by atoms with Gasteiger partial charge in [-0.15, -0.1) is 0 Å². The molecule has 2 N–H and O–H groups in total. The molecule has 1 aliphatic heterocycles. The fourth-order valence-corrected chi connectivity index (χ4v) is 5.18. The molecule has 0 atom stereocenters. The van der Waals surface area contributed by atoms with Gasteiger partial charge in [-0.3, -0.25) is 9.59 Å². The highest BCUT2D eigenvalue weighted by molar-refractivity contribution is 7.93. The third-order valence-corrected chi connectivity index (χ3v) is 7.08. The van der Waals surface area contributed by atoms with Crippen molar-refractivity contribution in [2.24, 2.45) is 0 Å². The number of amides is 1. The van der Waals surface area contributed by atoms with Crippen molar-refractivity contribution in [3.63, 3.8) is 0 Å². The number of hydrogen-bond acceptors (Lipinski definition) is 6. The lowest BCUT2D eigenvalue weighted by Crippen LogP contribution is -2.30. The fraction of sp³-hybridized carbons (Fsp3) is 0.130. The van der Waals surface area contributed by atoms with Crippen molar-refractivity contribution in [2.45, 2.75) is 11.3 Å². The van der Waals surface area contributed by atoms with E-state index < -0.39 is 21.9 Å². The number of sulfonamides is 1. The van der Waals surface area contributed by atoms with Gasteiger partial charge >= 0.3 is 5.97 Å². The minimum atomic E-state index is -4.11. The molecule has 1 heterocycles. The lowest BCUT2D eigenvalue weighted by molar-refractivity contribution is -0.136. The van der Waals surface area contributed by atoms with Crippen LogP contribution in [-0.4, -0.2) is 39.2 Å². The van der Waals surface area contributed by atoms with E-state index in [2.05, 4.69) is 5.32 Å². The number of methoxy groups -OCH3 is 1. The second kappa shape index (κ2) is 9.24. The summed E-state index contributed by atoms with van der Waals surface area (Å²) in [6.07, 6.45) is -0.124. The van der Waals surface area contributed by atoms with Crippen molar-refractivity contribution in [1.82, 2.24) is 0 Å². The Kier molecular flexibility index (Phi) is 6.36. The first-order valence-corrected chi connectivity index (χ1v) is 11.8. The smallest absolute Gasteiger partial charge is 0.307 e. The van der Waals surface area contributed by atoms with Crippen molar-refractivity contribution < 1.29 is 32.6 Å². The monoisotopic (exact) mass is 502 g/mol. The number of benzene rings is 3. The van der Waals surface area contributed by atoms with Gasteiger partial charge in [-0.25, -0.2) is 12.7 Å². The summed E-state index contributed by atoms with van der Waals surface area (Å²) >= 11 is 6.01. The maximum absolute atomic E-state index is 13.4. The van der Waals surface area contributed by atoms with Crippen LogP contribution in [0.1, 0.15) is 15.9 Å². The SMILES string of the molecule is COc1ccc(Cl)cc1S(=O)(=O)N1COc2ccc(C(=O)Nc3ccc(CC(=O)O)cc3)cc21. The van der Waals surface area contributed by atoms with E-state index in [0.29, 0.717) is 17.0 Å². The lowest BCUT2D eigenvalue weighted by atomic mass is 10.1. The van der Waals surface area contributed by atoms with Crippen LogP contribution in [0.4, 0.5) is 11.4 Å². The van der Waals surface area contributed by atoms with Crippen molar-refractivity contribution >= 4 is 44.9 Å². The Labute approximate surface area is 200 Å². The molecule has 0 bridgehead atoms. The van der Waals surface area contributed by atoms with Crippen molar-refractivity contribution in [2.75, 3.05) is 23.5 Å². The summed E-state index contributed by atoms with van der Waals surface area (Å²) in [7, 11) is -2.76. The minimum Gasteiger partial charge on any atom is -0.495 e. The molecule has 4 rings (SSSR count). The molecule has 0 spiro atoms. The number of nitrogens with one attached hydrogen (secondary N) is 1. The first kappa shape index (κ1) is 23.4. The Morgan fingerprint density at radius 2 is 1.85 bits per heavy atom. The van der Waals surface area contributed by atoms with E-state index in [1.807, 2.05) is 0 Å². The summed E-state index contributed by atoms with van der Waals surface area (Å²) in [4.78, 5) is 23.5. The molecular formula is C23H19ClN2O7S. The predicted molar refractivity (Wildman–Crippen MR) is 125 cm³/mol. The number of carbonyl (C=O) groups is 2. The van der Waals surface area contributed by atoms with Crippen LogP contribution >= 0.6 is 11.6 Å². The van der Waals surface area contributed by atoms with E-state index in [9.17, 15) is 18.0 Å². The zero-order valence-corrected chi connectivity index (χ0v) is 19.4. The molecule has 0 radical (unpaired) electrons. The van der Waals surface area contributed by atoms with Gasteiger partial charge < -0.3 is 19.9 Å². The summed E-state index contributed by atoms with van der Waals surface area (Å²) in [5.41, 5.74) is 1.46. The maximum atomic E-state index is 13.4. The van der Waals surface area contributed by atoms with Crippen molar-refractivity contribution in [3.05, 3.63) is 76.8 Å². The number of rotatable bonds is 7. The highest BCUT2D eigenvalue weighted by Gasteiger charge is 2.35. The van der Waals surface area contributed by atoms with E-state index in [1.54, 1.807) is 24.3 Å². The van der Waals surface area contributed by atoms with E-state index in [-0.39, 0.29) is 40.1 Å². The highest BCUT2D eigenvalue weighted by Crippen LogP contribution is 2.40. The number of aliphatic carboxylic acids is 1. The van der Waals surface area contributed by atoms with E-state index in [0.717, 1.165) is 4.31 Å². The molecule has 1 aliphatic rings. The summed E-state index contributed by atoms with van der Waals surface area (Å²) in [5.74, 6) is -0.998. The van der Waals surface area contributed by atoms with Gasteiger partial charge in [0.2, 0.25) is 0 Å². The van der Waals surface area contributed by atoms with Crippen LogP contribution in [0, 0.1) is 0 Å². The second-order valence-corrected chi connectivity index (χ2v) is 9.59. The number of anilines is 2. The normalized spacial score (nSPS) is 12.6. The number of carbonyl (C=O) groups excluding carboxylic acids is 1. The zero-order valence-electron chi connectivity index (χ0n) is 17.8. The fourth-order valence-electron chi connectivity index (χ4n) is 3.43. The molecular weight excluding hydrogens is 484 g/mol. The molecule has 34 heavy (non-hydrogen) atoms. The van der Waals surface area contributed by atoms with Crippen molar-refractivity contribution in [1.29, 1.82) is 0 Å². The molecule has 3 aromatic carbocycles. The highest BCUT2D eigenvalue weighted by atomic mass is 35.5. The molecule has 0 saturated carbocycles. The second-order valence-electron chi connectivity index (χ2n) is 7.33. The zero-order chi connectivity index (χ0) is 24.5. The van der Waals surface area contributed by atoms with E-state index in [4.69, 9.17) is 26.2 Å². The van der Waals surface area contributed by atoms with Crippen LogP contribution in [0.2, 0.25) is 5.02 Å². The van der Waals surface area contributed by atoms with Gasteiger partial charge in [0, 0.05) is 16.3 Å². The molecule has 9 nitrogen and oxygen atoms in total. The van der Waals surface area contributed by atoms with Gasteiger partial charge in [-0.05, 0) is 54.1 Å². The summed E-state index contributed by atoms with van der Waals surface area (Å²) in [6, 6.07) is 15.1. The number of hydrogen-bond donors (Lipinski definition) is 2. The molecule has 0 saturated heterocycles. The van der Waals surface area contributed by atoms with Crippen LogP contribution in [0.3, 0.4) is 0 Å². The minimum absolute atomic E-state index is 0.123. The average molecular weight is 503 g/mol. The predicted octanol–water partition coefficient (Wildman–Crippen LogP) is 3.77. The Morgan fingerprint density at radius 3 is 2.53 bits per heavy atom. The van der Waals surface area contributed by atoms with Crippen LogP contribution in [0.15, 0.2) is 65.6 Å². The first-order chi connectivity index (χ1) is 16.2. The average Bonchev–Trinajstić information content (AvgIpc) is 3.24. The topological polar surface area (TPSA) is 122 Å². The quantitative estimate of drug-likeness (QED) is 0.504. The Morgan fingerprint density at radius 1 is 1.12 bits per heavy atom. The Hall–Kier alpha value is -3.76. The maximum Gasteiger partial charge on any atom is 0.307 e. The lowest BCUT2D eigenvalue weighted by Gasteiger charge is -2.19. The molecule has 0 aliphatic carbocycles. The number of nitrogens with zero attached hydrogens (tertiary/aromatic N) is 1. The Balaban J connectivity index is 1.60. The molecule has 1 amide bonds. The Bertz CT molecular complexity index is 1370. The molecule has 0 unspecified atom stereocenters. The van der Waals surface area contributed by atoms with Gasteiger partial charge in [0.05, 0.1) is 19.2 Å². The first-order valence-electron chi connectivity index (χ1n) is 9.94. The van der Waals surface area contributed by atoms with Crippen LogP contribution in [-0.2, 0) is 21.2 Å². The summed E-state index contributed by atoms with van der Waals surface area (Å²) < 4.78 is 38.5. The van der Waals surface area contributed by atoms with Gasteiger partial charge in [0.1, 0.15) is 16.4 Å². The third-order valence-electron chi connectivity index (χ3n) is 5.09. The van der Waals surface area contributed by atoms with Gasteiger partial charge in [0.25, 0.3) is 15.9 Å². The van der Waals surface area contributed by atoms with E-state index in [1.165, 1.54) is 43.5 Å². The van der Waals surface area contributed by atoms with Gasteiger partial charge in [-0.1, -0.05) is 23.7 Å². The van der Waals surface area contributed by atoms with Crippen molar-refractivity contribution in [3.8, 4) is 11.5 Å². The van der Waals surface area contributed by atoms with Gasteiger partial charge in [-0.2, -0.15) is 0 Å². The standard InChI is InChI=1S/C23H19ClN2O7S/c1-32-20-9-5-16(24)12-21(20)34(30,31)26-13-33-19-8-4-15(11-18(19)26)23(29)25-17-6-2-14(3-7-17)10-22(27)28/h2-9,11-12H,10,13H2,1H3,(H,25,29)(H,27,28). The number of carboxylic acids is 1. The molecule has 0 fully saturated rings. The van der Waals surface area contributed by atoms with Crippen LogP contribution in [0.25, 0.3) is 0 Å². The van der Waals surface area contributed by atoms with Crippen LogP contribution in [0.5, 0.6) is 11.5 Å². The van der Waals surface area contributed by atoms with Crippen LogP contribution < -0.4 is 19.1 Å². The number of fused-ring (bicyclic) bond motifs is 1. The van der Waals surface area contributed by atoms with Gasteiger partial charge in [0.15, 0.2) is 6.73 Å². The largest absolute Gasteiger partial charge is 0.495 e. The molecule has 11 heteroatoms. The third kappa shape index (κ3) is 4.63. The number of carboxylic acid groups (broad SMARTS) is 1. The number of ether oxygens (including phenoxy) is 2. The molecule has 3 aromatic rings. The van der Waals surface area contributed by atoms with E-state index >= 15 is 0 Å². The summed E-state index contributed by atoms with van der Waals surface area (Å²) in [6.45, 7) is -0.274. The molecule has 176 valence electrons. The molecule has 0 aromatic heterocycles. The summed E-state index contributed by atoms with van der Waals surface area (Å²) in [5, 5.41) is 11.8. The number of halogens is 1.